The molecule has 1 fully saturated rings. The van der Waals surface area contributed by atoms with E-state index in [-0.39, 0.29) is 5.82 Å². The summed E-state index contributed by atoms with van der Waals surface area (Å²) in [6, 6.07) is 10.7. The first-order chi connectivity index (χ1) is 9.22. The Morgan fingerprint density at radius 2 is 1.53 bits per heavy atom. The van der Waals surface area contributed by atoms with E-state index in [1.165, 1.54) is 12.1 Å². The number of hydrogen-bond donors (Lipinski definition) is 0. The van der Waals surface area contributed by atoms with E-state index in [0.717, 1.165) is 43.5 Å². The normalized spacial score (nSPS) is 15.9. The molecule has 0 amide bonds. The van der Waals surface area contributed by atoms with Gasteiger partial charge in [-0.05, 0) is 37.3 Å². The molecular weight excluding hydrogens is 243 g/mol. The van der Waals surface area contributed by atoms with E-state index in [9.17, 15) is 4.39 Å². The molecule has 3 rings (SSSR count). The molecule has 1 aromatic carbocycles. The van der Waals surface area contributed by atoms with Crippen molar-refractivity contribution in [3.05, 3.63) is 48.0 Å². The third-order valence-corrected chi connectivity index (χ3v) is 3.51. The van der Waals surface area contributed by atoms with E-state index in [2.05, 4.69) is 9.80 Å². The first kappa shape index (κ1) is 12.1. The van der Waals surface area contributed by atoms with Gasteiger partial charge in [-0.1, -0.05) is 0 Å². The maximum Gasteiger partial charge on any atom is 0.195 e. The minimum atomic E-state index is -0.187. The number of piperazine rings is 1. The third kappa shape index (κ3) is 2.57. The van der Waals surface area contributed by atoms with E-state index < -0.39 is 0 Å². The van der Waals surface area contributed by atoms with Gasteiger partial charge in [0.15, 0.2) is 5.88 Å². The summed E-state index contributed by atoms with van der Waals surface area (Å²) < 4.78 is 18.5. The number of furan rings is 1. The van der Waals surface area contributed by atoms with Crippen LogP contribution in [0.5, 0.6) is 0 Å². The Kier molecular flexibility index (Phi) is 3.15. The molecule has 0 bridgehead atoms. The summed E-state index contributed by atoms with van der Waals surface area (Å²) in [6.45, 7) is 5.64. The second-order valence-corrected chi connectivity index (χ2v) is 4.83. The lowest BCUT2D eigenvalue weighted by molar-refractivity contribution is 0.504. The second-order valence-electron chi connectivity index (χ2n) is 4.83. The van der Waals surface area contributed by atoms with E-state index in [4.69, 9.17) is 4.42 Å². The van der Waals surface area contributed by atoms with Crippen molar-refractivity contribution in [2.45, 2.75) is 6.92 Å². The molecule has 19 heavy (non-hydrogen) atoms. The molecule has 3 nitrogen and oxygen atoms in total. The Morgan fingerprint density at radius 3 is 2.11 bits per heavy atom. The predicted molar refractivity (Wildman–Crippen MR) is 74.3 cm³/mol. The molecule has 0 spiro atoms. The van der Waals surface area contributed by atoms with Gasteiger partial charge < -0.3 is 14.2 Å². The molecule has 0 radical (unpaired) electrons. The Hall–Kier alpha value is -1.97. The first-order valence-electron chi connectivity index (χ1n) is 6.54. The minimum Gasteiger partial charge on any atom is -0.446 e. The zero-order chi connectivity index (χ0) is 13.2. The van der Waals surface area contributed by atoms with Crippen LogP contribution in [0.4, 0.5) is 16.0 Å². The average Bonchev–Trinajstić information content (AvgIpc) is 2.87. The summed E-state index contributed by atoms with van der Waals surface area (Å²) in [7, 11) is 0. The number of anilines is 2. The number of aryl methyl sites for hydroxylation is 1. The lowest BCUT2D eigenvalue weighted by Crippen LogP contribution is -2.46. The van der Waals surface area contributed by atoms with E-state index in [0.29, 0.717) is 0 Å². The van der Waals surface area contributed by atoms with Gasteiger partial charge in [0.25, 0.3) is 0 Å². The maximum absolute atomic E-state index is 12.9. The predicted octanol–water partition coefficient (Wildman–Crippen LogP) is 3.05. The molecule has 2 aromatic rings. The molecule has 0 saturated carbocycles. The molecule has 4 heteroatoms. The van der Waals surface area contributed by atoms with Crippen molar-refractivity contribution in [2.24, 2.45) is 0 Å². The summed E-state index contributed by atoms with van der Waals surface area (Å²) in [4.78, 5) is 4.51. The van der Waals surface area contributed by atoms with Crippen molar-refractivity contribution in [2.75, 3.05) is 36.0 Å². The van der Waals surface area contributed by atoms with Crippen LogP contribution >= 0.6 is 0 Å². The third-order valence-electron chi connectivity index (χ3n) is 3.51. The SMILES string of the molecule is Cc1ccc(N2CCN(c3ccc(F)cc3)CC2)o1. The van der Waals surface area contributed by atoms with Gasteiger partial charge >= 0.3 is 0 Å². The molecule has 0 aliphatic carbocycles. The molecular formula is C15H17FN2O. The van der Waals surface area contributed by atoms with Crippen LogP contribution in [0.2, 0.25) is 0 Å². The number of benzene rings is 1. The molecule has 0 atom stereocenters. The quantitative estimate of drug-likeness (QED) is 0.827. The highest BCUT2D eigenvalue weighted by Crippen LogP contribution is 2.22. The molecule has 100 valence electrons. The maximum atomic E-state index is 12.9. The Balaban J connectivity index is 1.64. The van der Waals surface area contributed by atoms with Crippen LogP contribution in [0, 0.1) is 12.7 Å². The monoisotopic (exact) mass is 260 g/mol. The zero-order valence-electron chi connectivity index (χ0n) is 11.0. The summed E-state index contributed by atoms with van der Waals surface area (Å²) >= 11 is 0. The van der Waals surface area contributed by atoms with Gasteiger partial charge in [0.05, 0.1) is 0 Å². The lowest BCUT2D eigenvalue weighted by Gasteiger charge is -2.36. The van der Waals surface area contributed by atoms with Crippen molar-refractivity contribution in [1.82, 2.24) is 0 Å². The largest absolute Gasteiger partial charge is 0.446 e. The Labute approximate surface area is 112 Å². The van der Waals surface area contributed by atoms with Gasteiger partial charge in [0.2, 0.25) is 0 Å². The number of nitrogens with zero attached hydrogens (tertiary/aromatic N) is 2. The number of halogens is 1. The van der Waals surface area contributed by atoms with Crippen molar-refractivity contribution in [3.8, 4) is 0 Å². The molecule has 2 heterocycles. The highest BCUT2D eigenvalue weighted by Gasteiger charge is 2.19. The fourth-order valence-electron chi connectivity index (χ4n) is 2.43. The Morgan fingerprint density at radius 1 is 0.895 bits per heavy atom. The summed E-state index contributed by atoms with van der Waals surface area (Å²) in [5, 5.41) is 0. The van der Waals surface area contributed by atoms with Crippen molar-refractivity contribution in [1.29, 1.82) is 0 Å². The van der Waals surface area contributed by atoms with Gasteiger partial charge in [-0.3, -0.25) is 0 Å². The Bertz CT molecular complexity index is 542. The fourth-order valence-corrected chi connectivity index (χ4v) is 2.43. The molecule has 1 aliphatic heterocycles. The van der Waals surface area contributed by atoms with Crippen LogP contribution in [-0.4, -0.2) is 26.2 Å². The lowest BCUT2D eigenvalue weighted by atomic mass is 10.2. The summed E-state index contributed by atoms with van der Waals surface area (Å²) in [5.74, 6) is 1.70. The van der Waals surface area contributed by atoms with Crippen LogP contribution in [0.3, 0.4) is 0 Å². The second kappa shape index (κ2) is 4.96. The zero-order valence-corrected chi connectivity index (χ0v) is 11.0. The van der Waals surface area contributed by atoms with Gasteiger partial charge in [-0.2, -0.15) is 0 Å². The summed E-state index contributed by atoms with van der Waals surface area (Å²) in [6.07, 6.45) is 0. The standard InChI is InChI=1S/C15H17FN2O/c1-12-2-7-15(19-12)18-10-8-17(9-11-18)14-5-3-13(16)4-6-14/h2-7H,8-11H2,1H3. The highest BCUT2D eigenvalue weighted by atomic mass is 19.1. The van der Waals surface area contributed by atoms with Crippen molar-refractivity contribution >= 4 is 11.6 Å². The molecule has 0 unspecified atom stereocenters. The number of rotatable bonds is 2. The average molecular weight is 260 g/mol. The first-order valence-corrected chi connectivity index (χ1v) is 6.54. The van der Waals surface area contributed by atoms with E-state index in [1.54, 1.807) is 0 Å². The minimum absolute atomic E-state index is 0.187. The summed E-state index contributed by atoms with van der Waals surface area (Å²) in [5.41, 5.74) is 1.08. The highest BCUT2D eigenvalue weighted by molar-refractivity contribution is 5.49. The van der Waals surface area contributed by atoms with Gasteiger partial charge in [0, 0.05) is 37.9 Å². The van der Waals surface area contributed by atoms with Gasteiger partial charge in [0.1, 0.15) is 11.6 Å². The number of hydrogen-bond acceptors (Lipinski definition) is 3. The van der Waals surface area contributed by atoms with Crippen LogP contribution in [0.25, 0.3) is 0 Å². The van der Waals surface area contributed by atoms with Gasteiger partial charge in [-0.25, -0.2) is 4.39 Å². The van der Waals surface area contributed by atoms with Crippen molar-refractivity contribution < 1.29 is 8.81 Å². The van der Waals surface area contributed by atoms with Crippen molar-refractivity contribution in [3.63, 3.8) is 0 Å². The van der Waals surface area contributed by atoms with E-state index >= 15 is 0 Å². The van der Waals surface area contributed by atoms with Gasteiger partial charge in [-0.15, -0.1) is 0 Å². The topological polar surface area (TPSA) is 19.6 Å². The van der Waals surface area contributed by atoms with Crippen LogP contribution in [0.15, 0.2) is 40.8 Å². The smallest absolute Gasteiger partial charge is 0.195 e. The fraction of sp³-hybridized carbons (Fsp3) is 0.333. The van der Waals surface area contributed by atoms with E-state index in [1.807, 2.05) is 31.2 Å². The molecule has 0 N–H and O–H groups in total. The molecule has 1 aliphatic rings. The molecule has 1 aromatic heterocycles. The van der Waals surface area contributed by atoms with Crippen LogP contribution in [-0.2, 0) is 0 Å². The van der Waals surface area contributed by atoms with Crippen LogP contribution < -0.4 is 9.80 Å². The van der Waals surface area contributed by atoms with Crippen LogP contribution in [0.1, 0.15) is 5.76 Å². The molecule has 1 saturated heterocycles.